The summed E-state index contributed by atoms with van der Waals surface area (Å²) in [5.41, 5.74) is 2.46. The van der Waals surface area contributed by atoms with E-state index in [1.54, 1.807) is 0 Å². The van der Waals surface area contributed by atoms with Crippen LogP contribution < -0.4 is 5.32 Å². The van der Waals surface area contributed by atoms with E-state index < -0.39 is 0 Å². The molecule has 2 atom stereocenters. The Kier molecular flexibility index (Phi) is 4.16. The lowest BCUT2D eigenvalue weighted by Crippen LogP contribution is -2.34. The Morgan fingerprint density at radius 1 is 1.20 bits per heavy atom. The van der Waals surface area contributed by atoms with Gasteiger partial charge in [-0.05, 0) is 37.8 Å². The molecule has 0 spiro atoms. The van der Waals surface area contributed by atoms with Crippen molar-refractivity contribution in [2.75, 3.05) is 6.54 Å². The van der Waals surface area contributed by atoms with E-state index in [1.165, 1.54) is 36.8 Å². The number of benzene rings is 1. The maximum absolute atomic E-state index is 4.61. The summed E-state index contributed by atoms with van der Waals surface area (Å²) in [6.07, 6.45) is 9.18. The number of hydrogen-bond donors (Lipinski definition) is 1. The minimum absolute atomic E-state index is 0.513. The quantitative estimate of drug-likeness (QED) is 0.898. The molecule has 3 rings (SSSR count). The summed E-state index contributed by atoms with van der Waals surface area (Å²) in [5.74, 6) is 0. The first-order valence-electron chi connectivity index (χ1n) is 7.71. The van der Waals surface area contributed by atoms with Crippen LogP contribution in [0.25, 0.3) is 11.1 Å². The minimum Gasteiger partial charge on any atom is -0.312 e. The summed E-state index contributed by atoms with van der Waals surface area (Å²) >= 11 is 0. The van der Waals surface area contributed by atoms with Crippen LogP contribution in [0.5, 0.6) is 0 Å². The van der Waals surface area contributed by atoms with Crippen molar-refractivity contribution in [3.63, 3.8) is 0 Å². The second kappa shape index (κ2) is 6.23. The average molecular weight is 269 g/mol. The molecule has 3 heteroatoms. The van der Waals surface area contributed by atoms with Crippen LogP contribution in [0, 0.1) is 0 Å². The van der Waals surface area contributed by atoms with Gasteiger partial charge in [-0.15, -0.1) is 0 Å². The zero-order valence-electron chi connectivity index (χ0n) is 12.1. The van der Waals surface area contributed by atoms with Crippen LogP contribution in [0.15, 0.2) is 42.7 Å². The lowest BCUT2D eigenvalue weighted by molar-refractivity contribution is 0.366. The Balaban J connectivity index is 1.76. The Bertz CT molecular complexity index is 532. The topological polar surface area (TPSA) is 29.9 Å². The summed E-state index contributed by atoms with van der Waals surface area (Å²) in [4.78, 5) is 0. The molecule has 1 aromatic heterocycles. The van der Waals surface area contributed by atoms with Gasteiger partial charge in [-0.25, -0.2) is 0 Å². The molecule has 1 N–H and O–H groups in total. The molecule has 0 saturated heterocycles. The van der Waals surface area contributed by atoms with E-state index in [4.69, 9.17) is 0 Å². The van der Waals surface area contributed by atoms with Gasteiger partial charge in [0.1, 0.15) is 0 Å². The first-order valence-corrected chi connectivity index (χ1v) is 7.71. The predicted molar refractivity (Wildman–Crippen MR) is 82.6 cm³/mol. The number of nitrogens with one attached hydrogen (secondary N) is 1. The van der Waals surface area contributed by atoms with Crippen molar-refractivity contribution in [2.45, 2.75) is 44.7 Å². The molecule has 2 unspecified atom stereocenters. The van der Waals surface area contributed by atoms with E-state index in [1.807, 2.05) is 6.20 Å². The van der Waals surface area contributed by atoms with Crippen LogP contribution in [-0.4, -0.2) is 22.4 Å². The molecule has 3 nitrogen and oxygen atoms in total. The Labute approximate surface area is 121 Å². The van der Waals surface area contributed by atoms with Gasteiger partial charge in [-0.3, -0.25) is 4.68 Å². The van der Waals surface area contributed by atoms with Crippen molar-refractivity contribution in [3.05, 3.63) is 42.7 Å². The van der Waals surface area contributed by atoms with E-state index in [9.17, 15) is 0 Å². The zero-order valence-corrected chi connectivity index (χ0v) is 12.1. The molecule has 1 aliphatic rings. The van der Waals surface area contributed by atoms with E-state index in [-0.39, 0.29) is 0 Å². The first kappa shape index (κ1) is 13.4. The summed E-state index contributed by atoms with van der Waals surface area (Å²) in [7, 11) is 0. The third-order valence-electron chi connectivity index (χ3n) is 4.18. The highest BCUT2D eigenvalue weighted by Crippen LogP contribution is 2.31. The summed E-state index contributed by atoms with van der Waals surface area (Å²) < 4.78 is 2.17. The largest absolute Gasteiger partial charge is 0.312 e. The predicted octanol–water partition coefficient (Wildman–Crippen LogP) is 3.64. The van der Waals surface area contributed by atoms with Crippen molar-refractivity contribution in [1.29, 1.82) is 0 Å². The molecule has 0 aliphatic heterocycles. The van der Waals surface area contributed by atoms with Crippen molar-refractivity contribution < 1.29 is 0 Å². The molecule has 1 saturated carbocycles. The fraction of sp³-hybridized carbons (Fsp3) is 0.471. The first-order chi connectivity index (χ1) is 9.88. The van der Waals surface area contributed by atoms with Gasteiger partial charge in [-0.2, -0.15) is 5.10 Å². The molecule has 106 valence electrons. The second-order valence-electron chi connectivity index (χ2n) is 5.63. The number of rotatable bonds is 5. The van der Waals surface area contributed by atoms with Crippen LogP contribution in [0.4, 0.5) is 0 Å². The maximum atomic E-state index is 4.61. The van der Waals surface area contributed by atoms with E-state index in [2.05, 4.69) is 58.5 Å². The Hall–Kier alpha value is -1.61. The molecular weight excluding hydrogens is 246 g/mol. The molecule has 1 heterocycles. The van der Waals surface area contributed by atoms with Crippen molar-refractivity contribution >= 4 is 0 Å². The normalized spacial score (nSPS) is 22.2. The standard InChI is InChI=1S/C17H23N3/c1-2-11-18-16-9-6-10-17(16)20-13-15(12-19-20)14-7-4-3-5-8-14/h3-5,7-8,12-13,16-18H,2,6,9-11H2,1H3. The van der Waals surface area contributed by atoms with Crippen LogP contribution in [0.2, 0.25) is 0 Å². The molecule has 0 radical (unpaired) electrons. The van der Waals surface area contributed by atoms with E-state index in [0.717, 1.165) is 6.54 Å². The second-order valence-corrected chi connectivity index (χ2v) is 5.63. The monoisotopic (exact) mass is 269 g/mol. The fourth-order valence-corrected chi connectivity index (χ4v) is 3.12. The lowest BCUT2D eigenvalue weighted by atomic mass is 10.1. The molecule has 20 heavy (non-hydrogen) atoms. The van der Waals surface area contributed by atoms with Gasteiger partial charge in [0.25, 0.3) is 0 Å². The molecule has 1 fully saturated rings. The molecule has 1 aliphatic carbocycles. The number of aromatic nitrogens is 2. The smallest absolute Gasteiger partial charge is 0.0672 e. The van der Waals surface area contributed by atoms with Crippen LogP contribution in [-0.2, 0) is 0 Å². The van der Waals surface area contributed by atoms with Crippen LogP contribution in [0.3, 0.4) is 0 Å². The third kappa shape index (κ3) is 2.78. The number of hydrogen-bond acceptors (Lipinski definition) is 2. The highest BCUT2D eigenvalue weighted by Gasteiger charge is 2.28. The minimum atomic E-state index is 0.513. The third-order valence-corrected chi connectivity index (χ3v) is 4.18. The molecular formula is C17H23N3. The van der Waals surface area contributed by atoms with Gasteiger partial charge in [0, 0.05) is 17.8 Å². The number of nitrogens with zero attached hydrogens (tertiary/aromatic N) is 2. The molecule has 0 bridgehead atoms. The van der Waals surface area contributed by atoms with Crippen molar-refractivity contribution in [2.24, 2.45) is 0 Å². The zero-order chi connectivity index (χ0) is 13.8. The van der Waals surface area contributed by atoms with Crippen molar-refractivity contribution in [1.82, 2.24) is 15.1 Å². The summed E-state index contributed by atoms with van der Waals surface area (Å²) in [5, 5.41) is 8.28. The van der Waals surface area contributed by atoms with E-state index in [0.29, 0.717) is 12.1 Å². The van der Waals surface area contributed by atoms with Crippen LogP contribution in [0.1, 0.15) is 38.6 Å². The lowest BCUT2D eigenvalue weighted by Gasteiger charge is -2.21. The average Bonchev–Trinajstić information content (AvgIpc) is 3.14. The van der Waals surface area contributed by atoms with Gasteiger partial charge < -0.3 is 5.32 Å². The van der Waals surface area contributed by atoms with Gasteiger partial charge in [0.2, 0.25) is 0 Å². The summed E-state index contributed by atoms with van der Waals surface area (Å²) in [6.45, 7) is 3.33. The summed E-state index contributed by atoms with van der Waals surface area (Å²) in [6, 6.07) is 11.6. The van der Waals surface area contributed by atoms with E-state index >= 15 is 0 Å². The van der Waals surface area contributed by atoms with Crippen LogP contribution >= 0.6 is 0 Å². The van der Waals surface area contributed by atoms with Gasteiger partial charge >= 0.3 is 0 Å². The van der Waals surface area contributed by atoms with Crippen molar-refractivity contribution in [3.8, 4) is 11.1 Å². The SMILES string of the molecule is CCCNC1CCCC1n1cc(-c2ccccc2)cn1. The molecule has 2 aromatic rings. The highest BCUT2D eigenvalue weighted by atomic mass is 15.3. The maximum Gasteiger partial charge on any atom is 0.0672 e. The van der Waals surface area contributed by atoms with Gasteiger partial charge in [-0.1, -0.05) is 37.3 Å². The highest BCUT2D eigenvalue weighted by molar-refractivity contribution is 5.61. The molecule has 1 aromatic carbocycles. The Morgan fingerprint density at radius 3 is 2.85 bits per heavy atom. The fourth-order valence-electron chi connectivity index (χ4n) is 3.12. The van der Waals surface area contributed by atoms with Gasteiger partial charge in [0.05, 0.1) is 12.2 Å². The Morgan fingerprint density at radius 2 is 2.05 bits per heavy atom. The van der Waals surface area contributed by atoms with Gasteiger partial charge in [0.15, 0.2) is 0 Å². The molecule has 0 amide bonds.